The van der Waals surface area contributed by atoms with Crippen LogP contribution in [0.1, 0.15) is 27.2 Å². The molecule has 1 aliphatic heterocycles. The maximum atomic E-state index is 2.42. The van der Waals surface area contributed by atoms with Crippen LogP contribution >= 0.6 is 11.8 Å². The smallest absolute Gasteiger partial charge is 0.0444 e. The summed E-state index contributed by atoms with van der Waals surface area (Å²) in [5, 5.41) is 0.829. The van der Waals surface area contributed by atoms with E-state index in [1.165, 1.54) is 18.8 Å². The van der Waals surface area contributed by atoms with Crippen LogP contribution in [0.25, 0.3) is 0 Å². The molecule has 11 heavy (non-hydrogen) atoms. The quantitative estimate of drug-likeness (QED) is 0.553. The molecule has 0 saturated carbocycles. The average molecular weight is 173 g/mol. The zero-order chi connectivity index (χ0) is 8.48. The first-order valence-corrected chi connectivity index (χ1v) is 5.35. The molecule has 1 fully saturated rings. The molecule has 1 heterocycles. The second kappa shape index (κ2) is 3.36. The molecule has 0 aromatic rings. The van der Waals surface area contributed by atoms with Gasteiger partial charge in [0.1, 0.15) is 0 Å². The lowest BCUT2D eigenvalue weighted by atomic mass is 9.87. The van der Waals surface area contributed by atoms with Crippen LogP contribution in [0.4, 0.5) is 0 Å². The summed E-state index contributed by atoms with van der Waals surface area (Å²) >= 11 is 2.08. The van der Waals surface area contributed by atoms with Gasteiger partial charge in [0.25, 0.3) is 0 Å². The van der Waals surface area contributed by atoms with Crippen molar-refractivity contribution in [1.82, 2.24) is 4.90 Å². The van der Waals surface area contributed by atoms with E-state index < -0.39 is 0 Å². The molecular weight excluding hydrogens is 154 g/mol. The first kappa shape index (κ1) is 9.40. The van der Waals surface area contributed by atoms with Crippen LogP contribution in [0.15, 0.2) is 0 Å². The summed E-state index contributed by atoms with van der Waals surface area (Å²) in [6, 6.07) is 0. The Morgan fingerprint density at radius 1 is 1.45 bits per heavy atom. The third-order valence-electron chi connectivity index (χ3n) is 2.12. The van der Waals surface area contributed by atoms with Crippen LogP contribution in [-0.2, 0) is 0 Å². The molecule has 1 unspecified atom stereocenters. The highest BCUT2D eigenvalue weighted by Gasteiger charge is 2.26. The van der Waals surface area contributed by atoms with E-state index in [-0.39, 0.29) is 0 Å². The third-order valence-corrected chi connectivity index (χ3v) is 3.44. The van der Waals surface area contributed by atoms with Gasteiger partial charge in [0, 0.05) is 17.7 Å². The fraction of sp³-hybridized carbons (Fsp3) is 1.00. The van der Waals surface area contributed by atoms with Crippen molar-refractivity contribution >= 4 is 11.8 Å². The Bertz CT molecular complexity index is 120. The summed E-state index contributed by atoms with van der Waals surface area (Å²) in [6.45, 7) is 8.31. The van der Waals surface area contributed by atoms with Gasteiger partial charge in [0.15, 0.2) is 0 Å². The summed E-state index contributed by atoms with van der Waals surface area (Å²) in [7, 11) is 2.22. The third kappa shape index (κ3) is 3.04. The second-order valence-corrected chi connectivity index (χ2v) is 5.89. The van der Waals surface area contributed by atoms with Crippen molar-refractivity contribution in [3.05, 3.63) is 0 Å². The number of hydrogen-bond acceptors (Lipinski definition) is 2. The topological polar surface area (TPSA) is 3.24 Å². The zero-order valence-corrected chi connectivity index (χ0v) is 8.87. The maximum Gasteiger partial charge on any atom is 0.0444 e. The Kier molecular flexibility index (Phi) is 2.87. The number of rotatable bonds is 0. The second-order valence-electron chi connectivity index (χ2n) is 4.49. The normalized spacial score (nSPS) is 33.3. The van der Waals surface area contributed by atoms with Crippen molar-refractivity contribution < 1.29 is 0 Å². The molecule has 2 heteroatoms. The largest absolute Gasteiger partial charge is 0.297 e. The molecule has 0 aliphatic carbocycles. The van der Waals surface area contributed by atoms with Crippen LogP contribution < -0.4 is 0 Å². The lowest BCUT2D eigenvalue weighted by Gasteiger charge is -2.26. The van der Waals surface area contributed by atoms with Crippen molar-refractivity contribution in [2.75, 3.05) is 19.5 Å². The highest BCUT2D eigenvalue weighted by Crippen LogP contribution is 2.32. The minimum atomic E-state index is 0.512. The minimum absolute atomic E-state index is 0.512. The van der Waals surface area contributed by atoms with Gasteiger partial charge in [-0.1, -0.05) is 20.8 Å². The summed E-state index contributed by atoms with van der Waals surface area (Å²) in [5.74, 6) is 1.20. The molecule has 1 nitrogen and oxygen atoms in total. The van der Waals surface area contributed by atoms with Crippen LogP contribution in [-0.4, -0.2) is 29.6 Å². The number of nitrogens with zero attached hydrogens (tertiary/aromatic N) is 1. The van der Waals surface area contributed by atoms with Crippen molar-refractivity contribution in [3.8, 4) is 0 Å². The molecule has 1 atom stereocenters. The Balaban J connectivity index is 2.55. The lowest BCUT2D eigenvalue weighted by Crippen LogP contribution is -2.29. The van der Waals surface area contributed by atoms with E-state index in [0.717, 1.165) is 5.25 Å². The number of hydrogen-bond donors (Lipinski definition) is 0. The van der Waals surface area contributed by atoms with Gasteiger partial charge in [-0.05, 0) is 18.9 Å². The van der Waals surface area contributed by atoms with E-state index in [0.29, 0.717) is 5.41 Å². The van der Waals surface area contributed by atoms with Crippen molar-refractivity contribution in [1.29, 1.82) is 0 Å². The van der Waals surface area contributed by atoms with Gasteiger partial charge in [-0.2, -0.15) is 0 Å². The zero-order valence-electron chi connectivity index (χ0n) is 8.05. The van der Waals surface area contributed by atoms with Gasteiger partial charge in [-0.15, -0.1) is 11.8 Å². The molecule has 0 aromatic heterocycles. The fourth-order valence-corrected chi connectivity index (χ4v) is 3.10. The summed E-state index contributed by atoms with van der Waals surface area (Å²) in [5.41, 5.74) is 0.512. The molecular formula is C9H19NS. The molecule has 1 saturated heterocycles. The molecule has 0 spiro atoms. The molecule has 0 amide bonds. The summed E-state index contributed by atoms with van der Waals surface area (Å²) < 4.78 is 0. The van der Waals surface area contributed by atoms with Gasteiger partial charge >= 0.3 is 0 Å². The molecule has 1 rings (SSSR count). The van der Waals surface area contributed by atoms with Gasteiger partial charge < -0.3 is 0 Å². The molecule has 0 radical (unpaired) electrons. The SMILES string of the molecule is CC1CC(C)(C)CN(C)CS1. The average Bonchev–Trinajstić information content (AvgIpc) is 1.89. The van der Waals surface area contributed by atoms with Gasteiger partial charge in [-0.25, -0.2) is 0 Å². The number of thioether (sulfide) groups is 1. The highest BCUT2D eigenvalue weighted by atomic mass is 32.2. The van der Waals surface area contributed by atoms with Gasteiger partial charge in [0.05, 0.1) is 0 Å². The van der Waals surface area contributed by atoms with Crippen LogP contribution in [0, 0.1) is 5.41 Å². The Morgan fingerprint density at radius 3 is 2.73 bits per heavy atom. The first-order valence-electron chi connectivity index (χ1n) is 4.30. The van der Waals surface area contributed by atoms with Crippen LogP contribution in [0.5, 0.6) is 0 Å². The van der Waals surface area contributed by atoms with E-state index in [1.807, 2.05) is 0 Å². The summed E-state index contributed by atoms with van der Waals surface area (Å²) in [4.78, 5) is 2.42. The molecule has 0 bridgehead atoms. The van der Waals surface area contributed by atoms with E-state index >= 15 is 0 Å². The predicted molar refractivity (Wildman–Crippen MR) is 52.9 cm³/mol. The minimum Gasteiger partial charge on any atom is -0.297 e. The van der Waals surface area contributed by atoms with Crippen molar-refractivity contribution in [2.24, 2.45) is 5.41 Å². The Hall–Kier alpha value is 0.310. The van der Waals surface area contributed by atoms with Gasteiger partial charge in [0.2, 0.25) is 0 Å². The first-order chi connectivity index (χ1) is 4.99. The molecule has 0 N–H and O–H groups in total. The van der Waals surface area contributed by atoms with E-state index in [2.05, 4.69) is 44.5 Å². The van der Waals surface area contributed by atoms with Crippen LogP contribution in [0.2, 0.25) is 0 Å². The molecule has 1 aliphatic rings. The van der Waals surface area contributed by atoms with Crippen LogP contribution in [0.3, 0.4) is 0 Å². The van der Waals surface area contributed by atoms with E-state index in [9.17, 15) is 0 Å². The van der Waals surface area contributed by atoms with E-state index in [1.54, 1.807) is 0 Å². The van der Waals surface area contributed by atoms with E-state index in [4.69, 9.17) is 0 Å². The standard InChI is InChI=1S/C9H19NS/c1-8-5-9(2,3)6-10(4)7-11-8/h8H,5-7H2,1-4H3. The van der Waals surface area contributed by atoms with Crippen molar-refractivity contribution in [3.63, 3.8) is 0 Å². The lowest BCUT2D eigenvalue weighted by molar-refractivity contribution is 0.229. The fourth-order valence-electron chi connectivity index (χ4n) is 1.93. The molecule has 66 valence electrons. The maximum absolute atomic E-state index is 2.42. The summed E-state index contributed by atoms with van der Waals surface area (Å²) in [6.07, 6.45) is 1.35. The highest BCUT2D eigenvalue weighted by molar-refractivity contribution is 7.99. The molecule has 0 aromatic carbocycles. The predicted octanol–water partition coefficient (Wildman–Crippen LogP) is 2.43. The Labute approximate surface area is 74.5 Å². The van der Waals surface area contributed by atoms with Gasteiger partial charge in [-0.3, -0.25) is 4.90 Å². The monoisotopic (exact) mass is 173 g/mol. The Morgan fingerprint density at radius 2 is 2.09 bits per heavy atom. The van der Waals surface area contributed by atoms with Crippen molar-refractivity contribution in [2.45, 2.75) is 32.4 Å².